The van der Waals surface area contributed by atoms with Crippen molar-refractivity contribution in [1.82, 2.24) is 5.32 Å². The van der Waals surface area contributed by atoms with Gasteiger partial charge in [0, 0.05) is 6.04 Å². The molecule has 0 amide bonds. The molecule has 1 N–H and O–H groups in total. The minimum absolute atomic E-state index is 0.584. The van der Waals surface area contributed by atoms with Gasteiger partial charge in [-0.15, -0.1) is 0 Å². The van der Waals surface area contributed by atoms with Crippen LogP contribution >= 0.6 is 0 Å². The molecule has 1 aromatic rings. The Balaban J connectivity index is 2.04. The normalized spacial score (nSPS) is 28.4. The predicted octanol–water partition coefficient (Wildman–Crippen LogP) is 3.14. The Bertz CT molecular complexity index is 268. The van der Waals surface area contributed by atoms with E-state index in [1.807, 2.05) is 0 Å². The van der Waals surface area contributed by atoms with Crippen LogP contribution in [0.1, 0.15) is 37.8 Å². The lowest BCUT2D eigenvalue weighted by Crippen LogP contribution is -2.20. The Morgan fingerprint density at radius 2 is 1.86 bits per heavy atom. The average Bonchev–Trinajstić information content (AvgIpc) is 2.44. The largest absolute Gasteiger partial charge is 0.310 e. The van der Waals surface area contributed by atoms with E-state index < -0.39 is 0 Å². The van der Waals surface area contributed by atoms with Crippen molar-refractivity contribution in [3.05, 3.63) is 35.9 Å². The first-order valence-electron chi connectivity index (χ1n) is 5.64. The van der Waals surface area contributed by atoms with Gasteiger partial charge >= 0.3 is 0 Å². The molecule has 0 aliphatic carbocycles. The third-order valence-electron chi connectivity index (χ3n) is 3.18. The van der Waals surface area contributed by atoms with Crippen molar-refractivity contribution >= 4 is 0 Å². The SMILES string of the molecule is CC1CCNC(c2ccccc2)CC1. The quantitative estimate of drug-likeness (QED) is 0.715. The highest BCUT2D eigenvalue weighted by molar-refractivity contribution is 5.18. The summed E-state index contributed by atoms with van der Waals surface area (Å²) in [6, 6.07) is 11.4. The molecular weight excluding hydrogens is 170 g/mol. The van der Waals surface area contributed by atoms with Crippen LogP contribution in [-0.2, 0) is 0 Å². The highest BCUT2D eigenvalue weighted by atomic mass is 14.9. The fourth-order valence-electron chi connectivity index (χ4n) is 2.17. The molecule has 1 saturated heterocycles. The van der Waals surface area contributed by atoms with E-state index in [-0.39, 0.29) is 0 Å². The second-order valence-corrected chi connectivity index (χ2v) is 4.39. The summed E-state index contributed by atoms with van der Waals surface area (Å²) in [5.74, 6) is 0.885. The summed E-state index contributed by atoms with van der Waals surface area (Å²) in [6.45, 7) is 3.52. The second kappa shape index (κ2) is 4.61. The predicted molar refractivity (Wildman–Crippen MR) is 60.2 cm³/mol. The summed E-state index contributed by atoms with van der Waals surface area (Å²) in [4.78, 5) is 0. The van der Waals surface area contributed by atoms with Gasteiger partial charge in [-0.05, 0) is 37.3 Å². The molecule has 1 heteroatoms. The Morgan fingerprint density at radius 3 is 2.64 bits per heavy atom. The molecule has 2 rings (SSSR count). The maximum absolute atomic E-state index is 3.63. The monoisotopic (exact) mass is 189 g/mol. The molecule has 76 valence electrons. The van der Waals surface area contributed by atoms with E-state index in [9.17, 15) is 0 Å². The fourth-order valence-corrected chi connectivity index (χ4v) is 2.17. The van der Waals surface area contributed by atoms with Crippen LogP contribution in [0.3, 0.4) is 0 Å². The van der Waals surface area contributed by atoms with Crippen molar-refractivity contribution in [1.29, 1.82) is 0 Å². The summed E-state index contributed by atoms with van der Waals surface area (Å²) in [5.41, 5.74) is 1.45. The van der Waals surface area contributed by atoms with E-state index in [2.05, 4.69) is 42.6 Å². The summed E-state index contributed by atoms with van der Waals surface area (Å²) in [7, 11) is 0. The zero-order valence-electron chi connectivity index (χ0n) is 8.87. The van der Waals surface area contributed by atoms with E-state index >= 15 is 0 Å². The Hall–Kier alpha value is -0.820. The standard InChI is InChI=1S/C13H19N/c1-11-7-8-13(14-10-9-11)12-5-3-2-4-6-12/h2-6,11,13-14H,7-10H2,1H3. The van der Waals surface area contributed by atoms with Gasteiger partial charge in [0.05, 0.1) is 0 Å². The van der Waals surface area contributed by atoms with Gasteiger partial charge in [0.2, 0.25) is 0 Å². The molecule has 1 aromatic carbocycles. The topological polar surface area (TPSA) is 12.0 Å². The second-order valence-electron chi connectivity index (χ2n) is 4.39. The zero-order valence-corrected chi connectivity index (χ0v) is 8.87. The molecule has 0 bridgehead atoms. The molecular formula is C13H19N. The van der Waals surface area contributed by atoms with E-state index in [0.29, 0.717) is 6.04 Å². The smallest absolute Gasteiger partial charge is 0.0320 e. The van der Waals surface area contributed by atoms with Crippen molar-refractivity contribution in [2.45, 2.75) is 32.2 Å². The molecule has 1 aliphatic heterocycles. The first kappa shape index (κ1) is 9.72. The number of benzene rings is 1. The van der Waals surface area contributed by atoms with Gasteiger partial charge in [0.25, 0.3) is 0 Å². The van der Waals surface area contributed by atoms with E-state index in [4.69, 9.17) is 0 Å². The Labute approximate surface area is 86.5 Å². The third kappa shape index (κ3) is 2.36. The molecule has 0 spiro atoms. The number of hydrogen-bond donors (Lipinski definition) is 1. The molecule has 1 aliphatic rings. The van der Waals surface area contributed by atoms with Crippen LogP contribution in [-0.4, -0.2) is 6.54 Å². The van der Waals surface area contributed by atoms with Gasteiger partial charge in [-0.1, -0.05) is 37.3 Å². The Kier molecular flexibility index (Phi) is 3.20. The number of rotatable bonds is 1. The third-order valence-corrected chi connectivity index (χ3v) is 3.18. The van der Waals surface area contributed by atoms with E-state index in [0.717, 1.165) is 5.92 Å². The highest BCUT2D eigenvalue weighted by Gasteiger charge is 2.16. The first-order valence-corrected chi connectivity index (χ1v) is 5.64. The minimum atomic E-state index is 0.584. The molecule has 2 atom stereocenters. The van der Waals surface area contributed by atoms with Crippen LogP contribution in [0.25, 0.3) is 0 Å². The Morgan fingerprint density at radius 1 is 1.07 bits per heavy atom. The molecule has 0 radical (unpaired) electrons. The van der Waals surface area contributed by atoms with Crippen LogP contribution in [0.15, 0.2) is 30.3 Å². The van der Waals surface area contributed by atoms with Crippen LogP contribution in [0.5, 0.6) is 0 Å². The molecule has 2 unspecified atom stereocenters. The molecule has 1 nitrogen and oxygen atoms in total. The lowest BCUT2D eigenvalue weighted by Gasteiger charge is -2.15. The maximum Gasteiger partial charge on any atom is 0.0320 e. The molecule has 1 heterocycles. The summed E-state index contributed by atoms with van der Waals surface area (Å²) in [5, 5.41) is 3.63. The van der Waals surface area contributed by atoms with Crippen molar-refractivity contribution in [2.24, 2.45) is 5.92 Å². The lowest BCUT2D eigenvalue weighted by atomic mass is 9.98. The zero-order chi connectivity index (χ0) is 9.80. The van der Waals surface area contributed by atoms with Gasteiger partial charge in [-0.3, -0.25) is 0 Å². The van der Waals surface area contributed by atoms with E-state index in [1.165, 1.54) is 31.4 Å². The van der Waals surface area contributed by atoms with E-state index in [1.54, 1.807) is 0 Å². The highest BCUT2D eigenvalue weighted by Crippen LogP contribution is 2.24. The van der Waals surface area contributed by atoms with Crippen LogP contribution in [0.4, 0.5) is 0 Å². The van der Waals surface area contributed by atoms with Crippen molar-refractivity contribution in [3.8, 4) is 0 Å². The summed E-state index contributed by atoms with van der Waals surface area (Å²) < 4.78 is 0. The van der Waals surface area contributed by atoms with Gasteiger partial charge in [-0.25, -0.2) is 0 Å². The molecule has 0 saturated carbocycles. The van der Waals surface area contributed by atoms with Crippen molar-refractivity contribution < 1.29 is 0 Å². The van der Waals surface area contributed by atoms with Gasteiger partial charge in [0.1, 0.15) is 0 Å². The van der Waals surface area contributed by atoms with Crippen molar-refractivity contribution in [3.63, 3.8) is 0 Å². The van der Waals surface area contributed by atoms with Gasteiger partial charge in [0.15, 0.2) is 0 Å². The van der Waals surface area contributed by atoms with Crippen LogP contribution in [0.2, 0.25) is 0 Å². The molecule has 14 heavy (non-hydrogen) atoms. The number of hydrogen-bond acceptors (Lipinski definition) is 1. The average molecular weight is 189 g/mol. The lowest BCUT2D eigenvalue weighted by molar-refractivity contribution is 0.502. The molecule has 1 fully saturated rings. The van der Waals surface area contributed by atoms with Gasteiger partial charge in [-0.2, -0.15) is 0 Å². The van der Waals surface area contributed by atoms with Crippen LogP contribution < -0.4 is 5.32 Å². The fraction of sp³-hybridized carbons (Fsp3) is 0.538. The minimum Gasteiger partial charge on any atom is -0.310 e. The first-order chi connectivity index (χ1) is 6.86. The molecule has 0 aromatic heterocycles. The van der Waals surface area contributed by atoms with Crippen LogP contribution in [0, 0.1) is 5.92 Å². The summed E-state index contributed by atoms with van der Waals surface area (Å²) >= 11 is 0. The van der Waals surface area contributed by atoms with Crippen molar-refractivity contribution in [2.75, 3.05) is 6.54 Å². The maximum atomic E-state index is 3.63. The number of nitrogens with one attached hydrogen (secondary N) is 1. The summed E-state index contributed by atoms with van der Waals surface area (Å²) in [6.07, 6.45) is 3.96. The van der Waals surface area contributed by atoms with Gasteiger partial charge < -0.3 is 5.32 Å².